The summed E-state index contributed by atoms with van der Waals surface area (Å²) in [5.41, 5.74) is 6.62. The van der Waals surface area contributed by atoms with E-state index in [1.165, 1.54) is 29.5 Å². The smallest absolute Gasteiger partial charge is 0.134 e. The Bertz CT molecular complexity index is 1360. The molecule has 4 aromatic carbocycles. The molecule has 182 valence electrons. The van der Waals surface area contributed by atoms with Gasteiger partial charge in [-0.25, -0.2) is 4.39 Å². The highest BCUT2D eigenvalue weighted by Gasteiger charge is 2.08. The van der Waals surface area contributed by atoms with E-state index >= 15 is 4.39 Å². The van der Waals surface area contributed by atoms with Gasteiger partial charge in [-0.05, 0) is 97.4 Å². The van der Waals surface area contributed by atoms with Gasteiger partial charge in [-0.15, -0.1) is 0 Å². The predicted molar refractivity (Wildman–Crippen MR) is 152 cm³/mol. The molecule has 0 saturated heterocycles. The van der Waals surface area contributed by atoms with Crippen LogP contribution in [0.2, 0.25) is 0 Å². The molecule has 0 aromatic heterocycles. The van der Waals surface area contributed by atoms with Gasteiger partial charge in [0, 0.05) is 16.5 Å². The Hall–Kier alpha value is -3.63. The number of fused-ring (bicyclic) bond motifs is 1. The third-order valence-electron chi connectivity index (χ3n) is 6.70. The van der Waals surface area contributed by atoms with Crippen molar-refractivity contribution < 1.29 is 4.39 Å². The molecule has 4 rings (SSSR count). The summed E-state index contributed by atoms with van der Waals surface area (Å²) < 4.78 is 15.3. The second kappa shape index (κ2) is 12.9. The van der Waals surface area contributed by atoms with Crippen LogP contribution in [0.25, 0.3) is 10.8 Å². The maximum Gasteiger partial charge on any atom is 0.134 e. The Kier molecular flexibility index (Phi) is 9.12. The number of hydrogen-bond donors (Lipinski definition) is 0. The fourth-order valence-electron chi connectivity index (χ4n) is 4.46. The minimum Gasteiger partial charge on any atom is -0.206 e. The summed E-state index contributed by atoms with van der Waals surface area (Å²) in [5, 5.41) is 1.56. The van der Waals surface area contributed by atoms with Crippen molar-refractivity contribution in [3.8, 4) is 11.8 Å². The van der Waals surface area contributed by atoms with Crippen LogP contribution in [0.1, 0.15) is 66.5 Å². The number of benzene rings is 4. The summed E-state index contributed by atoms with van der Waals surface area (Å²) in [6.07, 6.45) is 11.5. The van der Waals surface area contributed by atoms with E-state index in [9.17, 15) is 0 Å². The van der Waals surface area contributed by atoms with Gasteiger partial charge in [0.05, 0.1) is 0 Å². The van der Waals surface area contributed by atoms with E-state index in [2.05, 4.69) is 79.4 Å². The Morgan fingerprint density at radius 1 is 0.694 bits per heavy atom. The van der Waals surface area contributed by atoms with Gasteiger partial charge in [-0.1, -0.05) is 91.9 Å². The van der Waals surface area contributed by atoms with Crippen molar-refractivity contribution in [3.05, 3.63) is 130 Å². The van der Waals surface area contributed by atoms with Crippen LogP contribution >= 0.6 is 0 Å². The van der Waals surface area contributed by atoms with Crippen molar-refractivity contribution in [1.29, 1.82) is 0 Å². The molecule has 0 saturated carbocycles. The summed E-state index contributed by atoms with van der Waals surface area (Å²) >= 11 is 0. The average molecular weight is 475 g/mol. The first-order chi connectivity index (χ1) is 17.7. The first-order valence-electron chi connectivity index (χ1n) is 13.2. The predicted octanol–water partition coefficient (Wildman–Crippen LogP) is 9.02. The van der Waals surface area contributed by atoms with Crippen LogP contribution in [0.5, 0.6) is 0 Å². The zero-order chi connectivity index (χ0) is 25.2. The van der Waals surface area contributed by atoms with Gasteiger partial charge in [0.2, 0.25) is 0 Å². The standard InChI is InChI=1S/C35H35F/c1-3-5-7-9-28-12-14-29(15-13-28)18-19-31-21-25-34-33(26-31)24-23-32(35(34)36)22-20-30-16-10-27(11-17-30)8-6-4-2/h3,5,10-17,21,23-26H,4,6-9,20,22H2,1-2H3/b5-3+. The summed E-state index contributed by atoms with van der Waals surface area (Å²) in [4.78, 5) is 0. The van der Waals surface area contributed by atoms with Crippen LogP contribution < -0.4 is 0 Å². The molecule has 0 aliphatic heterocycles. The van der Waals surface area contributed by atoms with Crippen LogP contribution in [0.3, 0.4) is 0 Å². The van der Waals surface area contributed by atoms with E-state index in [0.717, 1.165) is 47.8 Å². The van der Waals surface area contributed by atoms with Crippen molar-refractivity contribution in [2.75, 3.05) is 0 Å². The third kappa shape index (κ3) is 6.96. The van der Waals surface area contributed by atoms with Crippen molar-refractivity contribution in [2.45, 2.75) is 58.8 Å². The fourth-order valence-corrected chi connectivity index (χ4v) is 4.46. The summed E-state index contributed by atoms with van der Waals surface area (Å²) in [7, 11) is 0. The number of rotatable bonds is 9. The van der Waals surface area contributed by atoms with Gasteiger partial charge in [0.25, 0.3) is 0 Å². The van der Waals surface area contributed by atoms with Crippen LogP contribution in [-0.2, 0) is 25.7 Å². The van der Waals surface area contributed by atoms with Crippen molar-refractivity contribution >= 4 is 10.8 Å². The molecule has 0 atom stereocenters. The van der Waals surface area contributed by atoms with Crippen LogP contribution in [0.4, 0.5) is 4.39 Å². The molecule has 0 unspecified atom stereocenters. The van der Waals surface area contributed by atoms with E-state index in [1.54, 1.807) is 0 Å². The number of halogens is 1. The summed E-state index contributed by atoms with van der Waals surface area (Å²) in [6.45, 7) is 4.27. The minimum absolute atomic E-state index is 0.111. The lowest BCUT2D eigenvalue weighted by Crippen LogP contribution is -1.96. The molecule has 4 aromatic rings. The number of allylic oxidation sites excluding steroid dienone is 2. The van der Waals surface area contributed by atoms with Gasteiger partial charge in [0.15, 0.2) is 0 Å². The maximum absolute atomic E-state index is 15.3. The largest absolute Gasteiger partial charge is 0.206 e. The van der Waals surface area contributed by atoms with E-state index in [-0.39, 0.29) is 5.82 Å². The molecule has 0 aliphatic carbocycles. The molecule has 0 aliphatic rings. The van der Waals surface area contributed by atoms with E-state index in [4.69, 9.17) is 0 Å². The molecule has 0 N–H and O–H groups in total. The molecule has 0 heterocycles. The Morgan fingerprint density at radius 3 is 2.06 bits per heavy atom. The number of hydrogen-bond acceptors (Lipinski definition) is 0. The van der Waals surface area contributed by atoms with Crippen LogP contribution in [-0.4, -0.2) is 0 Å². The molecule has 1 heteroatoms. The fraction of sp³-hybridized carbons (Fsp3) is 0.257. The highest BCUT2D eigenvalue weighted by Crippen LogP contribution is 2.24. The maximum atomic E-state index is 15.3. The second-order valence-electron chi connectivity index (χ2n) is 9.45. The molecular formula is C35H35F. The Labute approximate surface area is 215 Å². The van der Waals surface area contributed by atoms with Crippen LogP contribution in [0.15, 0.2) is 91.0 Å². The van der Waals surface area contributed by atoms with Crippen molar-refractivity contribution in [3.63, 3.8) is 0 Å². The van der Waals surface area contributed by atoms with Gasteiger partial charge >= 0.3 is 0 Å². The van der Waals surface area contributed by atoms with Crippen molar-refractivity contribution in [2.24, 2.45) is 0 Å². The zero-order valence-electron chi connectivity index (χ0n) is 21.5. The van der Waals surface area contributed by atoms with E-state index in [0.29, 0.717) is 11.8 Å². The summed E-state index contributed by atoms with van der Waals surface area (Å²) in [6, 6.07) is 26.9. The molecule has 0 radical (unpaired) electrons. The van der Waals surface area contributed by atoms with E-state index in [1.807, 2.05) is 37.3 Å². The molecule has 36 heavy (non-hydrogen) atoms. The summed E-state index contributed by atoms with van der Waals surface area (Å²) in [5.74, 6) is 6.37. The first kappa shape index (κ1) is 25.5. The lowest BCUT2D eigenvalue weighted by molar-refractivity contribution is 0.620. The molecular weight excluding hydrogens is 439 g/mol. The minimum atomic E-state index is -0.111. The number of aryl methyl sites for hydroxylation is 4. The monoisotopic (exact) mass is 474 g/mol. The van der Waals surface area contributed by atoms with Gasteiger partial charge < -0.3 is 0 Å². The quantitative estimate of drug-likeness (QED) is 0.168. The SMILES string of the molecule is C/C=C/CCc1ccc(C#Cc2ccc3c(F)c(CCc4ccc(CCCC)cc4)ccc3c2)cc1. The Balaban J connectivity index is 1.41. The highest BCUT2D eigenvalue weighted by atomic mass is 19.1. The van der Waals surface area contributed by atoms with Crippen LogP contribution in [0, 0.1) is 17.7 Å². The number of unbranched alkanes of at least 4 members (excludes halogenated alkanes) is 1. The third-order valence-corrected chi connectivity index (χ3v) is 6.70. The second-order valence-corrected chi connectivity index (χ2v) is 9.45. The molecule has 0 amide bonds. The van der Waals surface area contributed by atoms with Gasteiger partial charge in [-0.3, -0.25) is 0 Å². The van der Waals surface area contributed by atoms with Crippen molar-refractivity contribution in [1.82, 2.24) is 0 Å². The van der Waals surface area contributed by atoms with E-state index < -0.39 is 0 Å². The normalized spacial score (nSPS) is 11.1. The van der Waals surface area contributed by atoms with Gasteiger partial charge in [0.1, 0.15) is 5.82 Å². The molecule has 0 nitrogen and oxygen atoms in total. The zero-order valence-corrected chi connectivity index (χ0v) is 21.5. The van der Waals surface area contributed by atoms with Gasteiger partial charge in [-0.2, -0.15) is 0 Å². The highest BCUT2D eigenvalue weighted by molar-refractivity contribution is 5.85. The first-order valence-corrected chi connectivity index (χ1v) is 13.2. The lowest BCUT2D eigenvalue weighted by Gasteiger charge is -2.08. The molecule has 0 bridgehead atoms. The topological polar surface area (TPSA) is 0 Å². The lowest BCUT2D eigenvalue weighted by atomic mass is 9.98. The molecule has 0 spiro atoms. The average Bonchev–Trinajstić information content (AvgIpc) is 2.92. The molecule has 0 fully saturated rings. The Morgan fingerprint density at radius 2 is 1.33 bits per heavy atom.